The smallest absolute Gasteiger partial charge is 0.125 e. The van der Waals surface area contributed by atoms with Crippen molar-refractivity contribution in [2.24, 2.45) is 11.8 Å². The zero-order valence-corrected chi connectivity index (χ0v) is 14.3. The maximum Gasteiger partial charge on any atom is 0.125 e. The SMILES string of the molecule is COc1c(CCC(C)C2CCCCC2)cccc1C(C)C. The molecule has 1 atom stereocenters. The van der Waals surface area contributed by atoms with E-state index >= 15 is 0 Å². The Labute approximate surface area is 131 Å². The number of hydrogen-bond acceptors (Lipinski definition) is 1. The van der Waals surface area contributed by atoms with E-state index in [0.29, 0.717) is 5.92 Å². The molecule has 0 bridgehead atoms. The summed E-state index contributed by atoms with van der Waals surface area (Å²) in [5, 5.41) is 0. The molecule has 0 saturated heterocycles. The van der Waals surface area contributed by atoms with E-state index in [4.69, 9.17) is 4.74 Å². The highest BCUT2D eigenvalue weighted by Gasteiger charge is 2.20. The first-order valence-electron chi connectivity index (χ1n) is 8.79. The molecule has 1 aliphatic carbocycles. The van der Waals surface area contributed by atoms with Crippen molar-refractivity contribution in [1.29, 1.82) is 0 Å². The summed E-state index contributed by atoms with van der Waals surface area (Å²) < 4.78 is 5.72. The van der Waals surface area contributed by atoms with E-state index < -0.39 is 0 Å². The van der Waals surface area contributed by atoms with Crippen molar-refractivity contribution >= 4 is 0 Å². The third-order valence-electron chi connectivity index (χ3n) is 5.28. The van der Waals surface area contributed by atoms with Crippen molar-refractivity contribution < 1.29 is 4.74 Å². The molecule has 1 nitrogen and oxygen atoms in total. The molecule has 0 amide bonds. The van der Waals surface area contributed by atoms with Crippen LogP contribution in [0.2, 0.25) is 0 Å². The Bertz CT molecular complexity index is 429. The zero-order chi connectivity index (χ0) is 15.2. The van der Waals surface area contributed by atoms with Gasteiger partial charge in [0.1, 0.15) is 5.75 Å². The largest absolute Gasteiger partial charge is 0.496 e. The predicted molar refractivity (Wildman–Crippen MR) is 91.1 cm³/mol. The highest BCUT2D eigenvalue weighted by atomic mass is 16.5. The van der Waals surface area contributed by atoms with Gasteiger partial charge in [-0.3, -0.25) is 0 Å². The van der Waals surface area contributed by atoms with Crippen molar-refractivity contribution in [2.75, 3.05) is 7.11 Å². The molecule has 1 aromatic rings. The minimum Gasteiger partial charge on any atom is -0.496 e. The van der Waals surface area contributed by atoms with Gasteiger partial charge in [0.25, 0.3) is 0 Å². The quantitative estimate of drug-likeness (QED) is 0.627. The van der Waals surface area contributed by atoms with E-state index in [1.807, 2.05) is 7.11 Å². The first-order chi connectivity index (χ1) is 10.1. The van der Waals surface area contributed by atoms with Crippen LogP contribution in [0, 0.1) is 11.8 Å². The maximum atomic E-state index is 5.72. The van der Waals surface area contributed by atoms with E-state index in [0.717, 1.165) is 24.0 Å². The number of rotatable bonds is 6. The van der Waals surface area contributed by atoms with Crippen molar-refractivity contribution in [3.63, 3.8) is 0 Å². The fourth-order valence-corrected chi connectivity index (χ4v) is 3.83. The number of para-hydroxylation sites is 1. The van der Waals surface area contributed by atoms with Gasteiger partial charge in [-0.05, 0) is 41.7 Å². The summed E-state index contributed by atoms with van der Waals surface area (Å²) in [7, 11) is 1.81. The van der Waals surface area contributed by atoms with Crippen molar-refractivity contribution in [3.05, 3.63) is 29.3 Å². The van der Waals surface area contributed by atoms with Crippen LogP contribution in [0.5, 0.6) is 5.75 Å². The fraction of sp³-hybridized carbons (Fsp3) is 0.700. The minimum atomic E-state index is 0.524. The zero-order valence-electron chi connectivity index (χ0n) is 14.3. The second-order valence-corrected chi connectivity index (χ2v) is 7.11. The summed E-state index contributed by atoms with van der Waals surface area (Å²) in [5.74, 6) is 3.45. The van der Waals surface area contributed by atoms with Gasteiger partial charge in [0.2, 0.25) is 0 Å². The molecular formula is C20H32O. The van der Waals surface area contributed by atoms with Crippen LogP contribution in [0.4, 0.5) is 0 Å². The Morgan fingerprint density at radius 3 is 2.43 bits per heavy atom. The molecule has 21 heavy (non-hydrogen) atoms. The third-order valence-corrected chi connectivity index (χ3v) is 5.28. The predicted octanol–water partition coefficient (Wildman–Crippen LogP) is 5.97. The Kier molecular flexibility index (Phi) is 6.14. The van der Waals surface area contributed by atoms with Gasteiger partial charge < -0.3 is 4.74 Å². The lowest BCUT2D eigenvalue weighted by Crippen LogP contribution is -2.16. The van der Waals surface area contributed by atoms with Gasteiger partial charge in [-0.2, -0.15) is 0 Å². The van der Waals surface area contributed by atoms with Gasteiger partial charge in [0.15, 0.2) is 0 Å². The average molecular weight is 288 g/mol. The summed E-state index contributed by atoms with van der Waals surface area (Å²) in [6.07, 6.45) is 9.69. The molecule has 1 saturated carbocycles. The number of benzene rings is 1. The van der Waals surface area contributed by atoms with Gasteiger partial charge in [0, 0.05) is 0 Å². The lowest BCUT2D eigenvalue weighted by Gasteiger charge is -2.28. The van der Waals surface area contributed by atoms with Gasteiger partial charge in [-0.25, -0.2) is 0 Å². The molecule has 0 spiro atoms. The summed E-state index contributed by atoms with van der Waals surface area (Å²) >= 11 is 0. The number of ether oxygens (including phenoxy) is 1. The van der Waals surface area contributed by atoms with E-state index in [1.54, 1.807) is 0 Å². The van der Waals surface area contributed by atoms with E-state index in [9.17, 15) is 0 Å². The highest BCUT2D eigenvalue weighted by Crippen LogP contribution is 2.35. The summed E-state index contributed by atoms with van der Waals surface area (Å²) in [6, 6.07) is 6.65. The molecule has 0 aliphatic heterocycles. The van der Waals surface area contributed by atoms with E-state index in [-0.39, 0.29) is 0 Å². The Morgan fingerprint density at radius 2 is 1.81 bits per heavy atom. The lowest BCUT2D eigenvalue weighted by atomic mass is 9.78. The van der Waals surface area contributed by atoms with Gasteiger partial charge >= 0.3 is 0 Å². The normalized spacial score (nSPS) is 18.0. The monoisotopic (exact) mass is 288 g/mol. The molecule has 0 heterocycles. The van der Waals surface area contributed by atoms with Crippen LogP contribution in [-0.2, 0) is 6.42 Å². The molecule has 1 unspecified atom stereocenters. The van der Waals surface area contributed by atoms with Crippen molar-refractivity contribution in [1.82, 2.24) is 0 Å². The van der Waals surface area contributed by atoms with Gasteiger partial charge in [0.05, 0.1) is 7.11 Å². The second kappa shape index (κ2) is 7.87. The Balaban J connectivity index is 2.00. The molecule has 1 aromatic carbocycles. The maximum absolute atomic E-state index is 5.72. The van der Waals surface area contributed by atoms with Crippen molar-refractivity contribution in [2.45, 2.75) is 71.6 Å². The Morgan fingerprint density at radius 1 is 1.10 bits per heavy atom. The third kappa shape index (κ3) is 4.25. The fourth-order valence-electron chi connectivity index (χ4n) is 3.83. The molecular weight excluding hydrogens is 256 g/mol. The molecule has 0 N–H and O–H groups in total. The topological polar surface area (TPSA) is 9.23 Å². The van der Waals surface area contributed by atoms with Crippen LogP contribution >= 0.6 is 0 Å². The van der Waals surface area contributed by atoms with Gasteiger partial charge in [-0.15, -0.1) is 0 Å². The van der Waals surface area contributed by atoms with E-state index in [1.165, 1.54) is 49.7 Å². The van der Waals surface area contributed by atoms with Crippen LogP contribution in [0.25, 0.3) is 0 Å². The molecule has 1 fully saturated rings. The standard InChI is InChI=1S/C20H32O/c1-15(2)19-12-8-11-18(20(19)21-4)14-13-16(3)17-9-6-5-7-10-17/h8,11-12,15-17H,5-7,9-10,13-14H2,1-4H3. The summed E-state index contributed by atoms with van der Waals surface area (Å²) in [4.78, 5) is 0. The molecule has 118 valence electrons. The van der Waals surface area contributed by atoms with Crippen LogP contribution in [0.3, 0.4) is 0 Å². The van der Waals surface area contributed by atoms with Crippen LogP contribution in [0.15, 0.2) is 18.2 Å². The summed E-state index contributed by atoms with van der Waals surface area (Å²) in [6.45, 7) is 6.94. The van der Waals surface area contributed by atoms with E-state index in [2.05, 4.69) is 39.0 Å². The molecule has 0 aromatic heterocycles. The molecule has 2 rings (SSSR count). The first-order valence-corrected chi connectivity index (χ1v) is 8.79. The minimum absolute atomic E-state index is 0.524. The number of methoxy groups -OCH3 is 1. The Hall–Kier alpha value is -0.980. The van der Waals surface area contributed by atoms with Crippen LogP contribution in [-0.4, -0.2) is 7.11 Å². The highest BCUT2D eigenvalue weighted by molar-refractivity contribution is 5.43. The van der Waals surface area contributed by atoms with Crippen LogP contribution < -0.4 is 4.74 Å². The second-order valence-electron chi connectivity index (χ2n) is 7.11. The average Bonchev–Trinajstić information content (AvgIpc) is 2.52. The molecule has 0 radical (unpaired) electrons. The first kappa shape index (κ1) is 16.4. The number of aryl methyl sites for hydroxylation is 1. The lowest BCUT2D eigenvalue weighted by molar-refractivity contribution is 0.252. The number of hydrogen-bond donors (Lipinski definition) is 0. The molecule has 1 heteroatoms. The van der Waals surface area contributed by atoms with Gasteiger partial charge in [-0.1, -0.05) is 71.1 Å². The summed E-state index contributed by atoms with van der Waals surface area (Å²) in [5.41, 5.74) is 2.74. The van der Waals surface area contributed by atoms with Crippen molar-refractivity contribution in [3.8, 4) is 5.75 Å². The van der Waals surface area contributed by atoms with Crippen LogP contribution in [0.1, 0.15) is 76.3 Å². The molecule has 1 aliphatic rings.